The van der Waals surface area contributed by atoms with Gasteiger partial charge in [-0.25, -0.2) is 19.6 Å². The molecule has 0 aliphatic rings. The average molecular weight is 326 g/mol. The summed E-state index contributed by atoms with van der Waals surface area (Å²) in [5, 5.41) is 1.92. The number of isocyanates is 2. The lowest BCUT2D eigenvalue weighted by Gasteiger charge is -2.12. The second kappa shape index (κ2) is 9.95. The lowest BCUT2D eigenvalue weighted by atomic mass is 10.1. The quantitative estimate of drug-likeness (QED) is 0.382. The smallest absolute Gasteiger partial charge is 0.234 e. The molecule has 2 rings (SSSR count). The maximum Gasteiger partial charge on any atom is 0.234 e. The number of carbonyl (C=O) groups excluding carboxylic acids is 2. The first-order chi connectivity index (χ1) is 11.9. The normalized spacial score (nSPS) is 9.83. The summed E-state index contributed by atoms with van der Waals surface area (Å²) in [6.07, 6.45) is 4.33. The number of benzene rings is 2. The minimum absolute atomic E-state index is 0.409. The van der Waals surface area contributed by atoms with Gasteiger partial charge >= 0.3 is 0 Å². The van der Waals surface area contributed by atoms with Crippen LogP contribution in [-0.2, 0) is 9.59 Å². The molecule has 0 atom stereocenters. The Morgan fingerprint density at radius 2 is 1.21 bits per heavy atom. The fourth-order valence-corrected chi connectivity index (χ4v) is 2.25. The molecule has 6 nitrogen and oxygen atoms in total. The standard InChI is InChI=1S/C18H18N2O4/c21-13-19-9-3-11-23-17-7-1-5-15-16(17)6-2-8-18(15)24-12-4-10-20-14-22/h1-2,5-8H,3-4,9-12H2. The number of nitrogens with zero attached hydrogens (tertiary/aromatic N) is 2. The van der Waals surface area contributed by atoms with Gasteiger partial charge in [0.25, 0.3) is 0 Å². The van der Waals surface area contributed by atoms with Gasteiger partial charge in [-0.3, -0.25) is 0 Å². The van der Waals surface area contributed by atoms with E-state index in [1.165, 1.54) is 12.2 Å². The molecule has 0 N–H and O–H groups in total. The van der Waals surface area contributed by atoms with E-state index in [-0.39, 0.29) is 0 Å². The van der Waals surface area contributed by atoms with Crippen LogP contribution in [0, 0.1) is 0 Å². The second-order valence-electron chi connectivity index (χ2n) is 4.96. The van der Waals surface area contributed by atoms with Crippen molar-refractivity contribution in [3.63, 3.8) is 0 Å². The van der Waals surface area contributed by atoms with Crippen molar-refractivity contribution in [1.82, 2.24) is 0 Å². The molecule has 0 spiro atoms. The molecule has 0 bridgehead atoms. The van der Waals surface area contributed by atoms with Crippen molar-refractivity contribution >= 4 is 22.9 Å². The van der Waals surface area contributed by atoms with Gasteiger partial charge in [-0.15, -0.1) is 0 Å². The van der Waals surface area contributed by atoms with Crippen LogP contribution in [0.1, 0.15) is 12.8 Å². The van der Waals surface area contributed by atoms with Gasteiger partial charge in [0.1, 0.15) is 11.5 Å². The molecule has 2 aromatic carbocycles. The molecule has 0 saturated carbocycles. The monoisotopic (exact) mass is 326 g/mol. The minimum atomic E-state index is 0.409. The van der Waals surface area contributed by atoms with Crippen LogP contribution in [0.4, 0.5) is 0 Å². The zero-order valence-corrected chi connectivity index (χ0v) is 13.2. The Kier molecular flexibility index (Phi) is 7.22. The number of aliphatic imine (C=N–C) groups is 2. The number of ether oxygens (including phenoxy) is 2. The number of hydrogen-bond acceptors (Lipinski definition) is 6. The highest BCUT2D eigenvalue weighted by atomic mass is 16.5. The summed E-state index contributed by atoms with van der Waals surface area (Å²) in [5.74, 6) is 1.53. The summed E-state index contributed by atoms with van der Waals surface area (Å²) in [4.78, 5) is 27.0. The largest absolute Gasteiger partial charge is 0.493 e. The van der Waals surface area contributed by atoms with E-state index in [9.17, 15) is 9.59 Å². The molecule has 0 heterocycles. The van der Waals surface area contributed by atoms with Crippen molar-refractivity contribution in [1.29, 1.82) is 0 Å². The molecule has 0 fully saturated rings. The molecular formula is C18H18N2O4. The van der Waals surface area contributed by atoms with E-state index < -0.39 is 0 Å². The fourth-order valence-electron chi connectivity index (χ4n) is 2.25. The maximum atomic E-state index is 10.0. The van der Waals surface area contributed by atoms with Gasteiger partial charge in [0, 0.05) is 23.6 Å². The number of hydrogen-bond donors (Lipinski definition) is 0. The third-order valence-corrected chi connectivity index (χ3v) is 3.31. The third-order valence-electron chi connectivity index (χ3n) is 3.31. The van der Waals surface area contributed by atoms with E-state index >= 15 is 0 Å². The molecular weight excluding hydrogens is 308 g/mol. The molecule has 0 amide bonds. The Labute approximate surface area is 139 Å². The van der Waals surface area contributed by atoms with Crippen LogP contribution in [0.25, 0.3) is 10.8 Å². The fraction of sp³-hybridized carbons (Fsp3) is 0.333. The van der Waals surface area contributed by atoms with Gasteiger partial charge in [-0.05, 0) is 12.1 Å². The molecule has 2 aromatic rings. The predicted molar refractivity (Wildman–Crippen MR) is 90.1 cm³/mol. The zero-order chi connectivity index (χ0) is 17.0. The number of rotatable bonds is 10. The van der Waals surface area contributed by atoms with E-state index in [4.69, 9.17) is 9.47 Å². The molecule has 0 aromatic heterocycles. The van der Waals surface area contributed by atoms with Crippen molar-refractivity contribution in [3.8, 4) is 11.5 Å². The van der Waals surface area contributed by atoms with Gasteiger partial charge in [0.05, 0.1) is 26.3 Å². The van der Waals surface area contributed by atoms with Crippen LogP contribution >= 0.6 is 0 Å². The van der Waals surface area contributed by atoms with E-state index in [1.807, 2.05) is 36.4 Å². The maximum absolute atomic E-state index is 10.0. The van der Waals surface area contributed by atoms with Crippen molar-refractivity contribution < 1.29 is 19.1 Å². The van der Waals surface area contributed by atoms with Crippen molar-refractivity contribution in [2.45, 2.75) is 12.8 Å². The van der Waals surface area contributed by atoms with Crippen LogP contribution in [0.3, 0.4) is 0 Å². The molecule has 0 unspecified atom stereocenters. The summed E-state index contributed by atoms with van der Waals surface area (Å²) in [7, 11) is 0. The van der Waals surface area contributed by atoms with Gasteiger partial charge < -0.3 is 9.47 Å². The Bertz CT molecular complexity index is 697. The summed E-state index contributed by atoms with van der Waals surface area (Å²) < 4.78 is 11.6. The van der Waals surface area contributed by atoms with Crippen molar-refractivity contribution in [2.24, 2.45) is 9.98 Å². The van der Waals surface area contributed by atoms with Crippen LogP contribution < -0.4 is 9.47 Å². The molecule has 0 aliphatic carbocycles. The Hall–Kier alpha value is -2.94. The van der Waals surface area contributed by atoms with Gasteiger partial charge in [0.15, 0.2) is 0 Å². The highest BCUT2D eigenvalue weighted by Gasteiger charge is 2.06. The minimum Gasteiger partial charge on any atom is -0.493 e. The van der Waals surface area contributed by atoms with Crippen LogP contribution in [0.5, 0.6) is 11.5 Å². The van der Waals surface area contributed by atoms with Crippen molar-refractivity contribution in [2.75, 3.05) is 26.3 Å². The van der Waals surface area contributed by atoms with E-state index in [1.54, 1.807) is 0 Å². The van der Waals surface area contributed by atoms with E-state index in [2.05, 4.69) is 9.98 Å². The lowest BCUT2D eigenvalue weighted by Crippen LogP contribution is -2.01. The zero-order valence-electron chi connectivity index (χ0n) is 13.2. The van der Waals surface area contributed by atoms with Crippen LogP contribution in [0.2, 0.25) is 0 Å². The van der Waals surface area contributed by atoms with Crippen LogP contribution in [0.15, 0.2) is 46.4 Å². The van der Waals surface area contributed by atoms with Gasteiger partial charge in [-0.2, -0.15) is 0 Å². The first-order valence-corrected chi connectivity index (χ1v) is 7.71. The Morgan fingerprint density at radius 3 is 1.62 bits per heavy atom. The molecule has 6 heteroatoms. The van der Waals surface area contributed by atoms with Crippen LogP contribution in [-0.4, -0.2) is 38.5 Å². The number of fused-ring (bicyclic) bond motifs is 1. The highest BCUT2D eigenvalue weighted by molar-refractivity contribution is 5.93. The summed E-state index contributed by atoms with van der Waals surface area (Å²) in [5.41, 5.74) is 0. The molecule has 124 valence electrons. The van der Waals surface area contributed by atoms with E-state index in [0.717, 1.165) is 22.3 Å². The third kappa shape index (κ3) is 5.06. The SMILES string of the molecule is O=C=NCCCOc1cccc2c(OCCCN=C=O)cccc12. The van der Waals surface area contributed by atoms with Gasteiger partial charge in [-0.1, -0.05) is 24.3 Å². The molecule has 0 aliphatic heterocycles. The molecule has 24 heavy (non-hydrogen) atoms. The highest BCUT2D eigenvalue weighted by Crippen LogP contribution is 2.32. The predicted octanol–water partition coefficient (Wildman–Crippen LogP) is 3.05. The molecule has 0 radical (unpaired) electrons. The Morgan fingerprint density at radius 1 is 0.750 bits per heavy atom. The first-order valence-electron chi connectivity index (χ1n) is 7.71. The summed E-state index contributed by atoms with van der Waals surface area (Å²) in [6, 6.07) is 11.5. The second-order valence-corrected chi connectivity index (χ2v) is 4.96. The summed E-state index contributed by atoms with van der Waals surface area (Å²) >= 11 is 0. The van der Waals surface area contributed by atoms with Gasteiger partial charge in [0.2, 0.25) is 12.2 Å². The average Bonchev–Trinajstić information content (AvgIpc) is 2.61. The Balaban J connectivity index is 2.04. The first kappa shape index (κ1) is 17.4. The lowest BCUT2D eigenvalue weighted by molar-refractivity contribution is 0.314. The summed E-state index contributed by atoms with van der Waals surface area (Å²) in [6.45, 7) is 1.76. The van der Waals surface area contributed by atoms with Crippen molar-refractivity contribution in [3.05, 3.63) is 36.4 Å². The topological polar surface area (TPSA) is 77.3 Å². The molecule has 0 saturated heterocycles. The van der Waals surface area contributed by atoms with E-state index in [0.29, 0.717) is 39.1 Å².